The maximum Gasteiger partial charge on any atom is 0.259 e. The van der Waals surface area contributed by atoms with Crippen LogP contribution in [0.1, 0.15) is 10.4 Å². The Morgan fingerprint density at radius 3 is 2.33 bits per heavy atom. The molecule has 0 radical (unpaired) electrons. The van der Waals surface area contributed by atoms with E-state index in [4.69, 9.17) is 30.3 Å². The van der Waals surface area contributed by atoms with Crippen LogP contribution in [0, 0.1) is 0 Å². The van der Waals surface area contributed by atoms with Crippen LogP contribution in [-0.2, 0) is 0 Å². The van der Waals surface area contributed by atoms with Crippen LogP contribution in [-0.4, -0.2) is 37.4 Å². The average Bonchev–Trinajstić information content (AvgIpc) is 3.33. The van der Waals surface area contributed by atoms with Gasteiger partial charge in [0.1, 0.15) is 0 Å². The molecular weight excluding hydrogens is 446 g/mol. The molecule has 9 heteroatoms. The van der Waals surface area contributed by atoms with E-state index < -0.39 is 0 Å². The monoisotopic (exact) mass is 465 g/mol. The van der Waals surface area contributed by atoms with Gasteiger partial charge in [-0.2, -0.15) is 4.98 Å². The van der Waals surface area contributed by atoms with Gasteiger partial charge in [0.15, 0.2) is 11.5 Å². The van der Waals surface area contributed by atoms with Crippen LogP contribution in [0.3, 0.4) is 0 Å². The minimum Gasteiger partial charge on any atom is -0.493 e. The van der Waals surface area contributed by atoms with Gasteiger partial charge in [0.25, 0.3) is 11.8 Å². The highest BCUT2D eigenvalue weighted by molar-refractivity contribution is 6.31. The first-order valence-electron chi connectivity index (χ1n) is 9.84. The molecule has 1 heterocycles. The van der Waals surface area contributed by atoms with Crippen molar-refractivity contribution in [3.8, 4) is 40.1 Å². The van der Waals surface area contributed by atoms with E-state index in [0.29, 0.717) is 50.5 Å². The van der Waals surface area contributed by atoms with E-state index >= 15 is 0 Å². The second-order valence-corrected chi connectivity index (χ2v) is 7.28. The Kier molecular flexibility index (Phi) is 6.46. The number of methoxy groups -OCH3 is 3. The summed E-state index contributed by atoms with van der Waals surface area (Å²) in [6.07, 6.45) is 0. The van der Waals surface area contributed by atoms with Crippen molar-refractivity contribution in [2.24, 2.45) is 0 Å². The van der Waals surface area contributed by atoms with Gasteiger partial charge in [-0.25, -0.2) is 0 Å². The lowest BCUT2D eigenvalue weighted by atomic mass is 10.1. The zero-order chi connectivity index (χ0) is 23.4. The van der Waals surface area contributed by atoms with E-state index in [0.717, 1.165) is 0 Å². The molecule has 0 aliphatic rings. The fourth-order valence-corrected chi connectivity index (χ4v) is 3.48. The summed E-state index contributed by atoms with van der Waals surface area (Å²) in [6, 6.07) is 17.3. The molecule has 1 aromatic heterocycles. The van der Waals surface area contributed by atoms with E-state index in [1.807, 2.05) is 0 Å². The van der Waals surface area contributed by atoms with Crippen molar-refractivity contribution in [3.63, 3.8) is 0 Å². The molecule has 0 saturated heterocycles. The summed E-state index contributed by atoms with van der Waals surface area (Å²) in [5.74, 6) is 1.53. The molecule has 0 fully saturated rings. The molecule has 3 aromatic carbocycles. The Hall–Kier alpha value is -4.04. The number of rotatable bonds is 7. The first-order valence-corrected chi connectivity index (χ1v) is 10.2. The number of hydrogen-bond acceptors (Lipinski definition) is 7. The highest BCUT2D eigenvalue weighted by Gasteiger charge is 2.21. The van der Waals surface area contributed by atoms with Crippen molar-refractivity contribution in [3.05, 3.63) is 71.2 Å². The van der Waals surface area contributed by atoms with Gasteiger partial charge >= 0.3 is 0 Å². The van der Waals surface area contributed by atoms with E-state index in [9.17, 15) is 4.79 Å². The Labute approximate surface area is 195 Å². The third kappa shape index (κ3) is 4.61. The number of aromatic nitrogens is 2. The first kappa shape index (κ1) is 22.2. The van der Waals surface area contributed by atoms with Crippen molar-refractivity contribution in [2.45, 2.75) is 0 Å². The minimum atomic E-state index is -0.333. The molecule has 0 atom stereocenters. The molecule has 0 bridgehead atoms. The van der Waals surface area contributed by atoms with Crippen LogP contribution in [0.5, 0.6) is 17.2 Å². The van der Waals surface area contributed by atoms with E-state index in [2.05, 4.69) is 15.5 Å². The van der Waals surface area contributed by atoms with Gasteiger partial charge in [-0.3, -0.25) is 4.79 Å². The number of carbonyl (C=O) groups is 1. The molecule has 4 aromatic rings. The molecule has 0 aliphatic heterocycles. The summed E-state index contributed by atoms with van der Waals surface area (Å²) in [4.78, 5) is 17.4. The Balaban J connectivity index is 1.68. The molecule has 8 nitrogen and oxygen atoms in total. The molecule has 33 heavy (non-hydrogen) atoms. The number of carbonyl (C=O) groups excluding carboxylic acids is 1. The number of anilines is 1. The number of halogens is 1. The minimum absolute atomic E-state index is 0.190. The van der Waals surface area contributed by atoms with Gasteiger partial charge in [-0.05, 0) is 42.5 Å². The van der Waals surface area contributed by atoms with Crippen molar-refractivity contribution in [1.29, 1.82) is 0 Å². The second-order valence-electron chi connectivity index (χ2n) is 6.85. The van der Waals surface area contributed by atoms with Crippen molar-refractivity contribution in [2.75, 3.05) is 26.6 Å². The Bertz CT molecular complexity index is 1280. The lowest BCUT2D eigenvalue weighted by molar-refractivity contribution is 0.102. The normalized spacial score (nSPS) is 10.5. The third-order valence-electron chi connectivity index (χ3n) is 4.83. The third-order valence-corrected chi connectivity index (χ3v) is 5.07. The largest absolute Gasteiger partial charge is 0.493 e. The summed E-state index contributed by atoms with van der Waals surface area (Å²) in [5.41, 5.74) is 2.03. The van der Waals surface area contributed by atoms with Crippen molar-refractivity contribution < 1.29 is 23.5 Å². The zero-order valence-corrected chi connectivity index (χ0v) is 18.8. The predicted octanol–water partition coefficient (Wildman–Crippen LogP) is 5.34. The summed E-state index contributed by atoms with van der Waals surface area (Å²) in [5, 5.41) is 7.43. The van der Waals surface area contributed by atoms with Crippen LogP contribution in [0.4, 0.5) is 5.69 Å². The molecule has 0 unspecified atom stereocenters. The van der Waals surface area contributed by atoms with Crippen molar-refractivity contribution >= 4 is 23.2 Å². The van der Waals surface area contributed by atoms with Gasteiger partial charge in [0.05, 0.1) is 32.5 Å². The summed E-state index contributed by atoms with van der Waals surface area (Å²) in [6.45, 7) is 0. The molecular formula is C24H20ClN3O5. The van der Waals surface area contributed by atoms with Gasteiger partial charge in [0, 0.05) is 16.3 Å². The fourth-order valence-electron chi connectivity index (χ4n) is 3.29. The number of hydrogen-bond donors (Lipinski definition) is 1. The van der Waals surface area contributed by atoms with Crippen molar-refractivity contribution in [1.82, 2.24) is 10.1 Å². The smallest absolute Gasteiger partial charge is 0.259 e. The maximum atomic E-state index is 12.9. The Morgan fingerprint density at radius 1 is 0.939 bits per heavy atom. The number of amides is 1. The molecule has 4 rings (SSSR count). The first-order chi connectivity index (χ1) is 16.0. The fraction of sp³-hybridized carbons (Fsp3) is 0.125. The quantitative estimate of drug-likeness (QED) is 0.393. The van der Waals surface area contributed by atoms with Gasteiger partial charge in [-0.1, -0.05) is 35.0 Å². The molecule has 1 N–H and O–H groups in total. The van der Waals surface area contributed by atoms with Crippen LogP contribution in [0.25, 0.3) is 22.8 Å². The summed E-state index contributed by atoms with van der Waals surface area (Å²) in [7, 11) is 4.58. The number of ether oxygens (including phenoxy) is 3. The van der Waals surface area contributed by atoms with Gasteiger partial charge in [0.2, 0.25) is 11.6 Å². The number of benzene rings is 3. The molecule has 1 amide bonds. The van der Waals surface area contributed by atoms with E-state index in [1.54, 1.807) is 60.7 Å². The van der Waals surface area contributed by atoms with Gasteiger partial charge in [-0.15, -0.1) is 0 Å². The lowest BCUT2D eigenvalue weighted by Crippen LogP contribution is -2.13. The van der Waals surface area contributed by atoms with Gasteiger partial charge < -0.3 is 24.1 Å². The molecule has 0 spiro atoms. The number of nitrogens with zero attached hydrogens (tertiary/aromatic N) is 2. The van der Waals surface area contributed by atoms with Crippen LogP contribution in [0.2, 0.25) is 5.02 Å². The van der Waals surface area contributed by atoms with Crippen LogP contribution >= 0.6 is 11.6 Å². The maximum absolute atomic E-state index is 12.9. The molecule has 0 aliphatic carbocycles. The van der Waals surface area contributed by atoms with Crippen LogP contribution < -0.4 is 19.5 Å². The standard InChI is InChI=1S/C24H20ClN3O5/c1-30-19-11-14(12-20(31-2)21(19)32-3)22-27-24(33-28-22)18-10-5-4-9-17(18)23(29)26-16-8-6-7-15(25)13-16/h4-13H,1-3H3,(H,26,29). The second kappa shape index (κ2) is 9.62. The van der Waals surface area contributed by atoms with Crippen LogP contribution in [0.15, 0.2) is 65.2 Å². The zero-order valence-electron chi connectivity index (χ0n) is 18.1. The molecule has 0 saturated carbocycles. The number of nitrogens with one attached hydrogen (secondary N) is 1. The molecule has 168 valence electrons. The summed E-state index contributed by atoms with van der Waals surface area (Å²) < 4.78 is 21.6. The highest BCUT2D eigenvalue weighted by Crippen LogP contribution is 2.41. The van der Waals surface area contributed by atoms with E-state index in [1.165, 1.54) is 21.3 Å². The SMILES string of the molecule is COc1cc(-c2noc(-c3ccccc3C(=O)Nc3cccc(Cl)c3)n2)cc(OC)c1OC. The van der Waals surface area contributed by atoms with E-state index in [-0.39, 0.29) is 11.8 Å². The summed E-state index contributed by atoms with van der Waals surface area (Å²) >= 11 is 6.01. The average molecular weight is 466 g/mol. The highest BCUT2D eigenvalue weighted by atomic mass is 35.5. The predicted molar refractivity (Wildman–Crippen MR) is 124 cm³/mol. The lowest BCUT2D eigenvalue weighted by Gasteiger charge is -2.12. The topological polar surface area (TPSA) is 95.7 Å². The Morgan fingerprint density at radius 2 is 1.67 bits per heavy atom.